The third kappa shape index (κ3) is 2.36. The second-order valence-corrected chi connectivity index (χ2v) is 7.92. The molecule has 0 N–H and O–H groups in total. The van der Waals surface area contributed by atoms with Crippen LogP contribution in [-0.4, -0.2) is 9.49 Å². The largest absolute Gasteiger partial charge is 0.343 e. The lowest BCUT2D eigenvalue weighted by molar-refractivity contribution is -0.384. The number of nitrogens with zero attached hydrogens (tertiary/aromatic N) is 2. The number of hydrogen-bond acceptors (Lipinski definition) is 2. The monoisotopic (exact) mass is 478 g/mol. The number of halogens is 1. The molecular weight excluding hydrogens is 463 g/mol. The minimum atomic E-state index is -0.358. The summed E-state index contributed by atoms with van der Waals surface area (Å²) in [6, 6.07) is 23.7. The summed E-state index contributed by atoms with van der Waals surface area (Å²) in [4.78, 5) is 10.7. The fourth-order valence-electron chi connectivity index (χ4n) is 4.11. The number of para-hydroxylation sites is 1. The molecule has 1 heterocycles. The Labute approximate surface area is 174 Å². The van der Waals surface area contributed by atoms with Crippen molar-refractivity contribution in [3.63, 3.8) is 0 Å². The zero-order chi connectivity index (χ0) is 19.4. The highest BCUT2D eigenvalue weighted by Gasteiger charge is 2.20. The lowest BCUT2D eigenvalue weighted by atomic mass is 9.95. The average molecular weight is 478 g/mol. The molecular formula is C23H15IN2O2. The number of benzene rings is 4. The van der Waals surface area contributed by atoms with E-state index in [9.17, 15) is 10.1 Å². The molecule has 5 aromatic rings. The Morgan fingerprint density at radius 1 is 0.857 bits per heavy atom. The molecule has 5 heteroatoms. The van der Waals surface area contributed by atoms with Gasteiger partial charge in [-0.3, -0.25) is 10.1 Å². The van der Waals surface area contributed by atoms with Crippen LogP contribution in [0.1, 0.15) is 0 Å². The Balaban J connectivity index is 2.01. The Hall–Kier alpha value is -2.93. The van der Waals surface area contributed by atoms with Crippen LogP contribution >= 0.6 is 22.6 Å². The van der Waals surface area contributed by atoms with E-state index in [4.69, 9.17) is 0 Å². The van der Waals surface area contributed by atoms with E-state index >= 15 is 0 Å². The van der Waals surface area contributed by atoms with Crippen molar-refractivity contribution in [1.29, 1.82) is 0 Å². The molecule has 0 amide bonds. The molecule has 0 saturated heterocycles. The number of aromatic nitrogens is 1. The summed E-state index contributed by atoms with van der Waals surface area (Å²) in [5.41, 5.74) is 4.58. The molecule has 0 spiro atoms. The molecule has 0 saturated carbocycles. The van der Waals surface area contributed by atoms with Gasteiger partial charge >= 0.3 is 0 Å². The Bertz CT molecular complexity index is 1400. The quantitative estimate of drug-likeness (QED) is 0.162. The van der Waals surface area contributed by atoms with Crippen LogP contribution in [0.25, 0.3) is 43.7 Å². The predicted octanol–water partition coefficient (Wildman–Crippen LogP) is 6.66. The summed E-state index contributed by atoms with van der Waals surface area (Å²) in [5.74, 6) is 0. The fraction of sp³-hybridized carbons (Fsp3) is 0.0435. The lowest BCUT2D eigenvalue weighted by Crippen LogP contribution is -1.93. The first-order valence-corrected chi connectivity index (χ1v) is 9.98. The van der Waals surface area contributed by atoms with Gasteiger partial charge in [0, 0.05) is 50.0 Å². The van der Waals surface area contributed by atoms with Crippen LogP contribution in [0.5, 0.6) is 0 Å². The van der Waals surface area contributed by atoms with Crippen molar-refractivity contribution in [2.45, 2.75) is 0 Å². The molecule has 0 aliphatic heterocycles. The molecule has 0 bridgehead atoms. The van der Waals surface area contributed by atoms with Crippen molar-refractivity contribution < 1.29 is 4.92 Å². The van der Waals surface area contributed by atoms with Crippen molar-refractivity contribution in [2.75, 3.05) is 0 Å². The van der Waals surface area contributed by atoms with Crippen molar-refractivity contribution in [1.82, 2.24) is 4.57 Å². The highest BCUT2D eigenvalue weighted by molar-refractivity contribution is 14.1. The SMILES string of the molecule is Cn1c2ccccc2c2c(-c3ccc([N+](=O)[O-])cc3)c(I)c3ccccc3c21. The van der Waals surface area contributed by atoms with E-state index in [2.05, 4.69) is 82.7 Å². The van der Waals surface area contributed by atoms with Gasteiger partial charge in [0.2, 0.25) is 0 Å². The van der Waals surface area contributed by atoms with Crippen LogP contribution in [0.15, 0.2) is 72.8 Å². The number of fused-ring (bicyclic) bond motifs is 5. The number of nitro benzene ring substituents is 1. The first-order chi connectivity index (χ1) is 13.6. The van der Waals surface area contributed by atoms with Crippen LogP contribution in [0.4, 0.5) is 5.69 Å². The zero-order valence-electron chi connectivity index (χ0n) is 15.0. The first-order valence-electron chi connectivity index (χ1n) is 8.90. The molecule has 28 heavy (non-hydrogen) atoms. The molecule has 5 rings (SSSR count). The topological polar surface area (TPSA) is 48.1 Å². The molecule has 0 atom stereocenters. The maximum Gasteiger partial charge on any atom is 0.269 e. The molecule has 136 valence electrons. The smallest absolute Gasteiger partial charge is 0.269 e. The summed E-state index contributed by atoms with van der Waals surface area (Å²) in [6.07, 6.45) is 0. The number of hydrogen-bond donors (Lipinski definition) is 0. The average Bonchev–Trinajstić information content (AvgIpc) is 3.02. The molecule has 0 radical (unpaired) electrons. The normalized spacial score (nSPS) is 11.5. The van der Waals surface area contributed by atoms with Gasteiger partial charge in [-0.25, -0.2) is 0 Å². The molecule has 0 aliphatic carbocycles. The van der Waals surface area contributed by atoms with Crippen molar-refractivity contribution in [2.24, 2.45) is 7.05 Å². The maximum absolute atomic E-state index is 11.1. The fourth-order valence-corrected chi connectivity index (χ4v) is 5.16. The van der Waals surface area contributed by atoms with Gasteiger partial charge in [0.15, 0.2) is 0 Å². The highest BCUT2D eigenvalue weighted by atomic mass is 127. The van der Waals surface area contributed by atoms with Gasteiger partial charge in [0.25, 0.3) is 5.69 Å². The lowest BCUT2D eigenvalue weighted by Gasteiger charge is -2.13. The molecule has 1 aromatic heterocycles. The van der Waals surface area contributed by atoms with Crippen LogP contribution in [-0.2, 0) is 7.05 Å². The molecule has 0 fully saturated rings. The number of non-ortho nitro benzene ring substituents is 1. The van der Waals surface area contributed by atoms with Crippen LogP contribution in [0.2, 0.25) is 0 Å². The van der Waals surface area contributed by atoms with Gasteiger partial charge in [-0.15, -0.1) is 0 Å². The zero-order valence-corrected chi connectivity index (χ0v) is 17.2. The minimum Gasteiger partial charge on any atom is -0.343 e. The van der Waals surface area contributed by atoms with Gasteiger partial charge in [-0.05, 0) is 51.7 Å². The second-order valence-electron chi connectivity index (χ2n) is 6.84. The number of rotatable bonds is 2. The van der Waals surface area contributed by atoms with Gasteiger partial charge in [0.05, 0.1) is 10.4 Å². The predicted molar refractivity (Wildman–Crippen MR) is 123 cm³/mol. The van der Waals surface area contributed by atoms with E-state index in [1.807, 2.05) is 12.1 Å². The maximum atomic E-state index is 11.1. The molecule has 4 nitrogen and oxygen atoms in total. The Morgan fingerprint density at radius 3 is 2.14 bits per heavy atom. The Morgan fingerprint density at radius 2 is 1.46 bits per heavy atom. The minimum absolute atomic E-state index is 0.105. The van der Waals surface area contributed by atoms with E-state index in [0.29, 0.717) is 0 Å². The summed E-state index contributed by atoms with van der Waals surface area (Å²) in [6.45, 7) is 0. The van der Waals surface area contributed by atoms with E-state index < -0.39 is 0 Å². The number of aryl methyl sites for hydroxylation is 1. The Kier molecular flexibility index (Phi) is 3.87. The first kappa shape index (κ1) is 17.2. The summed E-state index contributed by atoms with van der Waals surface area (Å²) < 4.78 is 3.41. The van der Waals surface area contributed by atoms with Crippen molar-refractivity contribution in [3.05, 3.63) is 86.5 Å². The summed E-state index contributed by atoms with van der Waals surface area (Å²) >= 11 is 2.41. The second kappa shape index (κ2) is 6.31. The van der Waals surface area contributed by atoms with Gasteiger partial charge in [-0.1, -0.05) is 42.5 Å². The number of nitro groups is 1. The molecule has 0 unspecified atom stereocenters. The van der Waals surface area contributed by atoms with Crippen LogP contribution in [0.3, 0.4) is 0 Å². The third-order valence-corrected chi connectivity index (χ3v) is 6.48. The third-order valence-electron chi connectivity index (χ3n) is 5.36. The van der Waals surface area contributed by atoms with Gasteiger partial charge in [-0.2, -0.15) is 0 Å². The van der Waals surface area contributed by atoms with Crippen LogP contribution in [0, 0.1) is 13.7 Å². The van der Waals surface area contributed by atoms with E-state index in [1.165, 1.54) is 32.6 Å². The standard InChI is InChI=1S/C23H15IN2O2/c1-25-19-9-5-4-8-18(19)21-20(14-10-12-15(13-11-14)26(27)28)22(24)16-6-2-3-7-17(16)23(21)25/h2-13H,1H3. The van der Waals surface area contributed by atoms with Crippen LogP contribution < -0.4 is 0 Å². The van der Waals surface area contributed by atoms with E-state index in [0.717, 1.165) is 14.7 Å². The van der Waals surface area contributed by atoms with E-state index in [1.54, 1.807) is 12.1 Å². The highest BCUT2D eigenvalue weighted by Crippen LogP contribution is 2.44. The summed E-state index contributed by atoms with van der Waals surface area (Å²) in [7, 11) is 2.10. The molecule has 0 aliphatic rings. The van der Waals surface area contributed by atoms with E-state index in [-0.39, 0.29) is 10.6 Å². The van der Waals surface area contributed by atoms with Crippen molar-refractivity contribution in [3.8, 4) is 11.1 Å². The molecule has 4 aromatic carbocycles. The van der Waals surface area contributed by atoms with Gasteiger partial charge < -0.3 is 4.57 Å². The summed E-state index contributed by atoms with van der Waals surface area (Å²) in [5, 5.41) is 15.9. The van der Waals surface area contributed by atoms with Crippen molar-refractivity contribution >= 4 is 60.9 Å². The van der Waals surface area contributed by atoms with Gasteiger partial charge in [0.1, 0.15) is 0 Å².